The first-order valence-electron chi connectivity index (χ1n) is 5.27. The summed E-state index contributed by atoms with van der Waals surface area (Å²) in [6.07, 6.45) is 3.52. The lowest BCUT2D eigenvalue weighted by atomic mass is 10.3. The van der Waals surface area contributed by atoms with E-state index in [9.17, 15) is 0 Å². The van der Waals surface area contributed by atoms with Gasteiger partial charge in [0.2, 0.25) is 0 Å². The zero-order valence-corrected chi connectivity index (χ0v) is 8.97. The van der Waals surface area contributed by atoms with Gasteiger partial charge in [-0.05, 0) is 45.2 Å². The minimum atomic E-state index is 0.852. The molecular formula is C10H23N3. The Morgan fingerprint density at radius 3 is 2.46 bits per heavy atom. The predicted octanol–water partition coefficient (Wildman–Crippen LogP) is 1.35. The van der Waals surface area contributed by atoms with Gasteiger partial charge < -0.3 is 15.6 Å². The van der Waals surface area contributed by atoms with Gasteiger partial charge in [-0.3, -0.25) is 0 Å². The predicted molar refractivity (Wildman–Crippen MR) is 58.7 cm³/mol. The van der Waals surface area contributed by atoms with Crippen molar-refractivity contribution in [2.75, 3.05) is 32.7 Å². The summed E-state index contributed by atoms with van der Waals surface area (Å²) in [4.78, 5) is 2.43. The van der Waals surface area contributed by atoms with Crippen LogP contribution in [0.15, 0.2) is 0 Å². The lowest BCUT2D eigenvalue weighted by Crippen LogP contribution is -2.27. The highest BCUT2D eigenvalue weighted by atomic mass is 15.1. The number of nitrogens with zero attached hydrogens (tertiary/aromatic N) is 1. The molecule has 0 rings (SSSR count). The lowest BCUT2D eigenvalue weighted by molar-refractivity contribution is 0.298. The second-order valence-electron chi connectivity index (χ2n) is 3.12. The van der Waals surface area contributed by atoms with Gasteiger partial charge in [-0.1, -0.05) is 13.8 Å². The summed E-state index contributed by atoms with van der Waals surface area (Å²) in [6, 6.07) is 0. The molecule has 0 heterocycles. The van der Waals surface area contributed by atoms with E-state index in [0.717, 1.165) is 32.6 Å². The molecule has 0 saturated heterocycles. The molecule has 0 atom stereocenters. The zero-order valence-electron chi connectivity index (χ0n) is 8.97. The van der Waals surface area contributed by atoms with Crippen LogP contribution in [0.4, 0.5) is 0 Å². The third kappa shape index (κ3) is 7.94. The van der Waals surface area contributed by atoms with E-state index in [1.54, 1.807) is 0 Å². The Morgan fingerprint density at radius 2 is 1.92 bits per heavy atom. The van der Waals surface area contributed by atoms with E-state index in [1.807, 2.05) is 0 Å². The molecule has 0 fully saturated rings. The Bertz CT molecular complexity index is 111. The highest BCUT2D eigenvalue weighted by Gasteiger charge is 1.96. The molecule has 0 bridgehead atoms. The molecule has 3 heteroatoms. The summed E-state index contributed by atoms with van der Waals surface area (Å²) in [5.74, 6) is 0. The molecule has 0 aliphatic heterocycles. The fourth-order valence-corrected chi connectivity index (χ4v) is 1.27. The molecule has 0 aliphatic rings. The number of hydrogen-bond acceptors (Lipinski definition) is 3. The average Bonchev–Trinajstić information content (AvgIpc) is 2.17. The van der Waals surface area contributed by atoms with Gasteiger partial charge >= 0.3 is 0 Å². The molecule has 0 saturated carbocycles. The highest BCUT2D eigenvalue weighted by Crippen LogP contribution is 1.88. The first-order chi connectivity index (χ1) is 6.35. The van der Waals surface area contributed by atoms with E-state index in [-0.39, 0.29) is 0 Å². The van der Waals surface area contributed by atoms with E-state index in [0.29, 0.717) is 0 Å². The van der Waals surface area contributed by atoms with Crippen LogP contribution in [0.3, 0.4) is 0 Å². The maximum Gasteiger partial charge on any atom is 0.0000499 e. The van der Waals surface area contributed by atoms with Crippen LogP contribution in [0.5, 0.6) is 0 Å². The summed E-state index contributed by atoms with van der Waals surface area (Å²) in [7, 11) is 0. The molecule has 0 aromatic heterocycles. The summed E-state index contributed by atoms with van der Waals surface area (Å²) in [5, 5.41) is 10.1. The van der Waals surface area contributed by atoms with Crippen LogP contribution < -0.4 is 5.32 Å². The molecule has 0 amide bonds. The molecule has 0 aromatic carbocycles. The van der Waals surface area contributed by atoms with Gasteiger partial charge in [0.25, 0.3) is 0 Å². The molecule has 0 aromatic rings. The monoisotopic (exact) mass is 185 g/mol. The van der Waals surface area contributed by atoms with Gasteiger partial charge in [0.05, 0.1) is 0 Å². The number of nitrogens with one attached hydrogen (secondary N) is 2. The van der Waals surface area contributed by atoms with Crippen molar-refractivity contribution in [2.24, 2.45) is 0 Å². The van der Waals surface area contributed by atoms with Crippen LogP contribution >= 0.6 is 0 Å². The Balaban J connectivity index is 3.09. The van der Waals surface area contributed by atoms with Gasteiger partial charge in [-0.15, -0.1) is 0 Å². The fourth-order valence-electron chi connectivity index (χ4n) is 1.27. The maximum absolute atomic E-state index is 6.84. The van der Waals surface area contributed by atoms with Crippen LogP contribution in [0, 0.1) is 5.41 Å². The van der Waals surface area contributed by atoms with E-state index >= 15 is 0 Å². The lowest BCUT2D eigenvalue weighted by Gasteiger charge is -2.17. The third-order valence-corrected chi connectivity index (χ3v) is 2.19. The van der Waals surface area contributed by atoms with E-state index < -0.39 is 0 Å². The molecule has 0 radical (unpaired) electrons. The van der Waals surface area contributed by atoms with Crippen LogP contribution in [0.25, 0.3) is 0 Å². The second kappa shape index (κ2) is 9.68. The summed E-state index contributed by atoms with van der Waals surface area (Å²) in [5.41, 5.74) is 0. The average molecular weight is 185 g/mol. The van der Waals surface area contributed by atoms with Gasteiger partial charge in [0, 0.05) is 6.54 Å². The van der Waals surface area contributed by atoms with Crippen molar-refractivity contribution in [2.45, 2.75) is 26.7 Å². The highest BCUT2D eigenvalue weighted by molar-refractivity contribution is 5.52. The number of hydrogen-bond donors (Lipinski definition) is 2. The van der Waals surface area contributed by atoms with Crippen molar-refractivity contribution in [3.63, 3.8) is 0 Å². The Kier molecular flexibility index (Phi) is 9.37. The topological polar surface area (TPSA) is 39.1 Å². The molecule has 0 spiro atoms. The summed E-state index contributed by atoms with van der Waals surface area (Å²) < 4.78 is 0. The Hall–Kier alpha value is -0.410. The van der Waals surface area contributed by atoms with E-state index in [2.05, 4.69) is 24.1 Å². The largest absolute Gasteiger partial charge is 0.316 e. The quantitative estimate of drug-likeness (QED) is 0.420. The van der Waals surface area contributed by atoms with E-state index in [1.165, 1.54) is 19.2 Å². The zero-order chi connectivity index (χ0) is 9.94. The SMILES string of the molecule is CCN(CC)CCCNCCC=N. The van der Waals surface area contributed by atoms with Crippen LogP contribution in [0.1, 0.15) is 26.7 Å². The van der Waals surface area contributed by atoms with Crippen molar-refractivity contribution in [1.82, 2.24) is 10.2 Å². The van der Waals surface area contributed by atoms with Gasteiger partial charge in [0.15, 0.2) is 0 Å². The molecule has 0 unspecified atom stereocenters. The smallest absolute Gasteiger partial charge is 0.0000499 e. The van der Waals surface area contributed by atoms with Gasteiger partial charge in [-0.25, -0.2) is 0 Å². The molecule has 0 aliphatic carbocycles. The van der Waals surface area contributed by atoms with Gasteiger partial charge in [-0.2, -0.15) is 0 Å². The normalized spacial score (nSPS) is 10.7. The molecular weight excluding hydrogens is 162 g/mol. The van der Waals surface area contributed by atoms with E-state index in [4.69, 9.17) is 5.41 Å². The Labute approximate surface area is 82.0 Å². The standard InChI is InChI=1S/C10H23N3/c1-3-13(4-2)10-6-9-12-8-5-7-11/h7,11-12H,3-6,8-10H2,1-2H3. The van der Waals surface area contributed by atoms with Crippen molar-refractivity contribution < 1.29 is 0 Å². The first kappa shape index (κ1) is 12.6. The Morgan fingerprint density at radius 1 is 1.23 bits per heavy atom. The molecule has 13 heavy (non-hydrogen) atoms. The van der Waals surface area contributed by atoms with Gasteiger partial charge in [0.1, 0.15) is 0 Å². The van der Waals surface area contributed by atoms with Crippen LogP contribution in [-0.2, 0) is 0 Å². The summed E-state index contributed by atoms with van der Waals surface area (Å²) in [6.45, 7) is 9.91. The third-order valence-electron chi connectivity index (χ3n) is 2.19. The molecule has 2 N–H and O–H groups in total. The minimum absolute atomic E-state index is 0.852. The molecule has 78 valence electrons. The number of rotatable bonds is 9. The van der Waals surface area contributed by atoms with Crippen molar-refractivity contribution in [3.8, 4) is 0 Å². The van der Waals surface area contributed by atoms with Crippen molar-refractivity contribution in [3.05, 3.63) is 0 Å². The minimum Gasteiger partial charge on any atom is -0.316 e. The molecule has 3 nitrogen and oxygen atoms in total. The van der Waals surface area contributed by atoms with Crippen molar-refractivity contribution in [1.29, 1.82) is 5.41 Å². The summed E-state index contributed by atoms with van der Waals surface area (Å²) >= 11 is 0. The fraction of sp³-hybridized carbons (Fsp3) is 0.900. The maximum atomic E-state index is 6.84. The van der Waals surface area contributed by atoms with Crippen molar-refractivity contribution >= 4 is 6.21 Å². The van der Waals surface area contributed by atoms with Crippen LogP contribution in [0.2, 0.25) is 0 Å². The second-order valence-corrected chi connectivity index (χ2v) is 3.12. The first-order valence-corrected chi connectivity index (χ1v) is 5.27. The van der Waals surface area contributed by atoms with Crippen LogP contribution in [-0.4, -0.2) is 43.8 Å².